The van der Waals surface area contributed by atoms with Gasteiger partial charge in [-0.05, 0) is 140 Å². The van der Waals surface area contributed by atoms with Crippen molar-refractivity contribution in [1.82, 2.24) is 10.6 Å². The van der Waals surface area contributed by atoms with Gasteiger partial charge in [-0.3, -0.25) is 54.3 Å². The van der Waals surface area contributed by atoms with Crippen LogP contribution >= 0.6 is 0 Å². The number of unbranched alkanes of at least 4 members (excludes halogenated alkanes) is 6. The molecule has 36 heteroatoms. The average molecular weight is 1550 g/mol. The number of nitrogens with one attached hydrogen (secondary N) is 2. The van der Waals surface area contributed by atoms with E-state index in [4.69, 9.17) is 75.4 Å². The quantitative estimate of drug-likeness (QED) is 0.0143. The van der Waals surface area contributed by atoms with Gasteiger partial charge in [0, 0.05) is 45.3 Å². The van der Waals surface area contributed by atoms with Crippen LogP contribution in [-0.2, 0) is 72.3 Å². The lowest BCUT2D eigenvalue weighted by Crippen LogP contribution is -2.40. The van der Waals surface area contributed by atoms with Gasteiger partial charge in [-0.1, -0.05) is 46.0 Å². The summed E-state index contributed by atoms with van der Waals surface area (Å²) in [4.78, 5) is 115. The molecule has 2 aliphatic heterocycles. The molecule has 0 bridgehead atoms. The van der Waals surface area contributed by atoms with Crippen molar-refractivity contribution < 1.29 is 116 Å². The minimum absolute atomic E-state index is 0. The number of methoxy groups -OCH3 is 3. The first kappa shape index (κ1) is 96.1. The molecule has 0 spiro atoms. The highest BCUT2D eigenvalue weighted by molar-refractivity contribution is 5.85. The molecular formula is C73H115N9O27. The van der Waals surface area contributed by atoms with Gasteiger partial charge in [0.25, 0.3) is 17.1 Å². The van der Waals surface area contributed by atoms with Gasteiger partial charge < -0.3 is 101 Å². The Hall–Kier alpha value is -9.01. The molecule has 3 aromatic carbocycles. The number of carboxylic acids is 3. The Morgan fingerprint density at radius 3 is 1.14 bits per heavy atom. The van der Waals surface area contributed by atoms with Crippen molar-refractivity contribution in [1.29, 1.82) is 0 Å². The summed E-state index contributed by atoms with van der Waals surface area (Å²) in [6.07, 6.45) is 14.5. The van der Waals surface area contributed by atoms with Crippen LogP contribution in [-0.4, -0.2) is 181 Å². The second-order valence-corrected chi connectivity index (χ2v) is 25.6. The number of hydrogen-bond acceptors (Lipinski definition) is 28. The molecule has 14 N–H and O–H groups in total. The molecule has 0 radical (unpaired) electrons. The molecule has 0 saturated carbocycles. The van der Waals surface area contributed by atoms with Gasteiger partial charge in [-0.25, -0.2) is 9.59 Å². The molecule has 2 heterocycles. The van der Waals surface area contributed by atoms with Crippen LogP contribution in [0.5, 0.6) is 34.5 Å². The van der Waals surface area contributed by atoms with Crippen LogP contribution < -0.4 is 62.0 Å². The fraction of sp³-hybridized carbons (Fsp3) is 0.658. The molecule has 36 nitrogen and oxygen atoms in total. The number of nitro groups is 3. The number of aliphatic carboxylic acids is 3. The summed E-state index contributed by atoms with van der Waals surface area (Å²) in [5.74, 6) is -2.89. The maximum atomic E-state index is 12.4. The molecule has 2 saturated heterocycles. The lowest BCUT2D eigenvalue weighted by Gasteiger charge is -2.22. The number of nitrogens with zero attached hydrogens (tertiary/aromatic N) is 3. The van der Waals surface area contributed by atoms with Gasteiger partial charge in [0.1, 0.15) is 23.7 Å². The second-order valence-electron chi connectivity index (χ2n) is 25.6. The van der Waals surface area contributed by atoms with Crippen LogP contribution in [0.25, 0.3) is 0 Å². The molecule has 2 amide bonds. The largest absolute Gasteiger partial charge is 0.493 e. The highest BCUT2D eigenvalue weighted by Gasteiger charge is 2.28. The van der Waals surface area contributed by atoms with E-state index in [2.05, 4.69) is 10.6 Å². The van der Waals surface area contributed by atoms with Crippen LogP contribution in [0, 0.1) is 30.3 Å². The van der Waals surface area contributed by atoms with E-state index in [0.29, 0.717) is 107 Å². The SMILES string of the molecule is C.COc1cc(CO)c([N+](=O)[O-])cc1OCCCC(=O)NC(CCCCCC(=O)C(N)CCCCN)C(=O)O.COc1cc(COC2CCCCO2)c([N+](=O)[O-])cc1OCCCC(=O)NC(CCCCCC(=O)C(N)CCCCN)C(=O)O.COc1cc(COC2CCCCO2)c([N+](=O)[O-])cc1OCCCC(=O)O. The van der Waals surface area contributed by atoms with E-state index in [1.165, 1.54) is 51.7 Å². The zero-order chi connectivity index (χ0) is 79.8. The van der Waals surface area contributed by atoms with Crippen LogP contribution in [0.1, 0.15) is 204 Å². The fourth-order valence-corrected chi connectivity index (χ4v) is 11.2. The number of amides is 2. The topological polar surface area (TPSA) is 550 Å². The molecule has 6 unspecified atom stereocenters. The number of hydrogen-bond donors (Lipinski definition) is 10. The third-order valence-corrected chi connectivity index (χ3v) is 17.2. The van der Waals surface area contributed by atoms with E-state index in [-0.39, 0.29) is 161 Å². The lowest BCUT2D eigenvalue weighted by molar-refractivity contribution is -0.386. The molecule has 2 aliphatic rings. The first-order chi connectivity index (χ1) is 51.8. The van der Waals surface area contributed by atoms with Crippen LogP contribution in [0.15, 0.2) is 36.4 Å². The summed E-state index contributed by atoms with van der Waals surface area (Å²) in [6, 6.07) is 4.92. The average Bonchev–Trinajstić information content (AvgIpc) is 0.832. The molecule has 614 valence electrons. The Morgan fingerprint density at radius 2 is 0.826 bits per heavy atom. The Bertz CT molecular complexity index is 3280. The molecule has 5 rings (SSSR count). The Labute approximate surface area is 634 Å². The van der Waals surface area contributed by atoms with Crippen molar-refractivity contribution >= 4 is 58.4 Å². The number of aliphatic hydroxyl groups is 1. The standard InChI is InChI=1S/C30H48N4O10.C25H40N4O9.C17H23NO8.CH4/c1-41-26-18-21(20-44-29-14-6-8-16-43-29)24(34(39)40)19-27(26)42-17-9-13-28(36)33-23(30(37)38)11-3-2-4-12-25(35)22(32)10-5-7-15-31;1-37-22-14-17(16-30)20(29(35)36)15-23(22)38-13-7-11-24(32)28-19(25(33)34)9-3-2-4-10-21(31)18(27)8-5-6-12-26;1-23-14-9-12(11-26-17-6-2-3-7-25-17)13(18(21)22)10-15(14)24-8-4-5-16(19)20;/h18-19,22-23,29H,2-17,20,31-32H2,1H3,(H,33,36)(H,37,38);14-15,18-19,30H,2-13,16,26-27H2,1H3,(H,28,32)(H,33,34);9-10,17H,2-8,11H2,1H3,(H,19,20);1H4. The van der Waals surface area contributed by atoms with Crippen molar-refractivity contribution in [3.05, 3.63) is 83.4 Å². The number of benzene rings is 3. The Kier molecular flexibility index (Phi) is 48.8. The van der Waals surface area contributed by atoms with Gasteiger partial charge in [-0.2, -0.15) is 0 Å². The molecule has 109 heavy (non-hydrogen) atoms. The number of rotatable bonds is 54. The maximum absolute atomic E-state index is 12.4. The third-order valence-electron chi connectivity index (χ3n) is 17.2. The molecule has 3 aromatic rings. The first-order valence-corrected chi connectivity index (χ1v) is 36.6. The van der Waals surface area contributed by atoms with Gasteiger partial charge >= 0.3 is 17.9 Å². The molecule has 6 atom stereocenters. The van der Waals surface area contributed by atoms with E-state index >= 15 is 0 Å². The minimum Gasteiger partial charge on any atom is -0.493 e. The van der Waals surface area contributed by atoms with E-state index in [9.17, 15) is 79.2 Å². The van der Waals surface area contributed by atoms with Crippen molar-refractivity contribution in [2.45, 2.75) is 244 Å². The van der Waals surface area contributed by atoms with Crippen LogP contribution in [0.2, 0.25) is 0 Å². The van der Waals surface area contributed by atoms with Gasteiger partial charge in [0.15, 0.2) is 47.1 Å². The zero-order valence-corrected chi connectivity index (χ0v) is 62.1. The smallest absolute Gasteiger partial charge is 0.326 e. The number of carbonyl (C=O) groups excluding carboxylic acids is 4. The summed E-state index contributed by atoms with van der Waals surface area (Å²) in [6.45, 7) is 2.00. The number of ketones is 2. The van der Waals surface area contributed by atoms with E-state index in [1.807, 2.05) is 0 Å². The van der Waals surface area contributed by atoms with Gasteiger partial charge in [-0.15, -0.1) is 0 Å². The fourth-order valence-electron chi connectivity index (χ4n) is 11.2. The minimum atomic E-state index is -1.14. The summed E-state index contributed by atoms with van der Waals surface area (Å²) >= 11 is 0. The summed E-state index contributed by atoms with van der Waals surface area (Å²) in [5, 5.41) is 76.2. The summed E-state index contributed by atoms with van der Waals surface area (Å²) in [7, 11) is 4.20. The Morgan fingerprint density at radius 1 is 0.477 bits per heavy atom. The molecule has 0 aromatic heterocycles. The predicted octanol–water partition coefficient (Wildman–Crippen LogP) is 8.68. The number of ether oxygens (including phenoxy) is 10. The van der Waals surface area contributed by atoms with Crippen molar-refractivity contribution in [3.63, 3.8) is 0 Å². The number of aliphatic hydroxyl groups excluding tert-OH is 1. The van der Waals surface area contributed by atoms with E-state index < -0.39 is 81.6 Å². The number of Topliss-reactive ketones (excluding diaryl/α,β-unsaturated/α-hetero) is 2. The summed E-state index contributed by atoms with van der Waals surface area (Å²) in [5.41, 5.74) is 22.8. The Balaban J connectivity index is 0.000000569. The number of nitro benzene ring substituents is 3. The number of carboxylic acid groups (broad SMARTS) is 3. The highest BCUT2D eigenvalue weighted by atomic mass is 16.7. The van der Waals surface area contributed by atoms with Crippen molar-refractivity contribution in [2.75, 3.05) is 67.5 Å². The molecular weight excluding hydrogens is 1430 g/mol. The maximum Gasteiger partial charge on any atom is 0.326 e. The van der Waals surface area contributed by atoms with Crippen molar-refractivity contribution in [2.24, 2.45) is 22.9 Å². The van der Waals surface area contributed by atoms with Crippen LogP contribution in [0.4, 0.5) is 17.1 Å². The predicted molar refractivity (Wildman–Crippen MR) is 397 cm³/mol. The normalized spacial score (nSPS) is 14.9. The van der Waals surface area contributed by atoms with Gasteiger partial charge in [0.05, 0.1) is 123 Å². The lowest BCUT2D eigenvalue weighted by atomic mass is 10.00. The third kappa shape index (κ3) is 38.3. The van der Waals surface area contributed by atoms with Crippen LogP contribution in [0.3, 0.4) is 0 Å². The van der Waals surface area contributed by atoms with E-state index in [0.717, 1.165) is 70.3 Å². The number of nitrogens with two attached hydrogens (primary N) is 4. The van der Waals surface area contributed by atoms with E-state index in [1.54, 1.807) is 0 Å². The molecule has 0 aliphatic carbocycles. The summed E-state index contributed by atoms with van der Waals surface area (Å²) < 4.78 is 54.8. The van der Waals surface area contributed by atoms with Gasteiger partial charge in [0.2, 0.25) is 11.8 Å². The monoisotopic (exact) mass is 1550 g/mol. The number of carbonyl (C=O) groups is 7. The second kappa shape index (κ2) is 55.4. The molecule has 2 fully saturated rings. The zero-order valence-electron chi connectivity index (χ0n) is 62.1. The highest BCUT2D eigenvalue weighted by Crippen LogP contribution is 2.38. The van der Waals surface area contributed by atoms with Crippen molar-refractivity contribution in [3.8, 4) is 34.5 Å². The first-order valence-electron chi connectivity index (χ1n) is 36.6.